The fourth-order valence-electron chi connectivity index (χ4n) is 1.56. The van der Waals surface area contributed by atoms with Crippen molar-refractivity contribution in [1.82, 2.24) is 15.0 Å². The summed E-state index contributed by atoms with van der Waals surface area (Å²) in [5, 5.41) is 2.15. The van der Waals surface area contributed by atoms with Gasteiger partial charge in [0.1, 0.15) is 6.61 Å². The Hall–Kier alpha value is -1.40. The standard InChI is InChI=1S/C12H15ClN4OS/c1-3-17(4-2)11-14-10(13)15-12(16-11)18-8-9-6-5-7-19-9/h5-7H,3-4,8H2,1-2H3. The van der Waals surface area contributed by atoms with Crippen molar-refractivity contribution in [2.45, 2.75) is 20.5 Å². The lowest BCUT2D eigenvalue weighted by Gasteiger charge is -2.18. The zero-order valence-electron chi connectivity index (χ0n) is 10.8. The van der Waals surface area contributed by atoms with Crippen LogP contribution < -0.4 is 9.64 Å². The first-order chi connectivity index (χ1) is 9.22. The van der Waals surface area contributed by atoms with E-state index in [1.807, 2.05) is 36.3 Å². The fourth-order valence-corrected chi connectivity index (χ4v) is 2.33. The third-order valence-electron chi connectivity index (χ3n) is 2.55. The molecule has 0 spiro atoms. The van der Waals surface area contributed by atoms with Gasteiger partial charge in [0.25, 0.3) is 0 Å². The zero-order chi connectivity index (χ0) is 13.7. The van der Waals surface area contributed by atoms with Crippen LogP contribution in [0.15, 0.2) is 17.5 Å². The van der Waals surface area contributed by atoms with Crippen LogP contribution in [0.2, 0.25) is 5.28 Å². The maximum absolute atomic E-state index is 5.90. The van der Waals surface area contributed by atoms with Crippen LogP contribution in [0, 0.1) is 0 Å². The number of anilines is 1. The fraction of sp³-hybridized carbons (Fsp3) is 0.417. The van der Waals surface area contributed by atoms with E-state index in [-0.39, 0.29) is 11.3 Å². The molecular formula is C12H15ClN4OS. The van der Waals surface area contributed by atoms with Crippen molar-refractivity contribution < 1.29 is 4.74 Å². The molecule has 0 aliphatic rings. The predicted molar refractivity (Wildman–Crippen MR) is 77.0 cm³/mol. The number of ether oxygens (including phenoxy) is 1. The number of aromatic nitrogens is 3. The van der Waals surface area contributed by atoms with Crippen molar-refractivity contribution in [2.75, 3.05) is 18.0 Å². The molecule has 19 heavy (non-hydrogen) atoms. The molecule has 0 bridgehead atoms. The van der Waals surface area contributed by atoms with Gasteiger partial charge in [0, 0.05) is 18.0 Å². The van der Waals surface area contributed by atoms with Gasteiger partial charge in [0.2, 0.25) is 11.2 Å². The molecule has 2 heterocycles. The summed E-state index contributed by atoms with van der Waals surface area (Å²) in [4.78, 5) is 15.5. The van der Waals surface area contributed by atoms with Crippen LogP contribution in [0.25, 0.3) is 0 Å². The summed E-state index contributed by atoms with van der Waals surface area (Å²) in [5.74, 6) is 0.547. The summed E-state index contributed by atoms with van der Waals surface area (Å²) in [6, 6.07) is 4.24. The summed E-state index contributed by atoms with van der Waals surface area (Å²) >= 11 is 7.53. The number of rotatable bonds is 6. The van der Waals surface area contributed by atoms with Gasteiger partial charge in [0.05, 0.1) is 0 Å². The molecule has 0 fully saturated rings. The molecule has 7 heteroatoms. The Kier molecular flexibility index (Phi) is 4.93. The van der Waals surface area contributed by atoms with Crippen LogP contribution in [-0.4, -0.2) is 28.0 Å². The Morgan fingerprint density at radius 2 is 2.05 bits per heavy atom. The molecule has 2 aromatic heterocycles. The second-order valence-electron chi connectivity index (χ2n) is 3.73. The molecule has 0 amide bonds. The molecule has 0 saturated heterocycles. The lowest BCUT2D eigenvalue weighted by molar-refractivity contribution is 0.283. The predicted octanol–water partition coefficient (Wildman–Crippen LogP) is 3.01. The number of halogens is 1. The summed E-state index contributed by atoms with van der Waals surface area (Å²) in [6.07, 6.45) is 0. The minimum atomic E-state index is 0.151. The van der Waals surface area contributed by atoms with E-state index < -0.39 is 0 Å². The van der Waals surface area contributed by atoms with Crippen molar-refractivity contribution in [3.63, 3.8) is 0 Å². The maximum Gasteiger partial charge on any atom is 0.322 e. The third kappa shape index (κ3) is 3.78. The Morgan fingerprint density at radius 1 is 1.26 bits per heavy atom. The molecule has 0 unspecified atom stereocenters. The van der Waals surface area contributed by atoms with Crippen molar-refractivity contribution in [3.05, 3.63) is 27.7 Å². The van der Waals surface area contributed by atoms with E-state index in [4.69, 9.17) is 16.3 Å². The first-order valence-corrected chi connectivity index (χ1v) is 7.30. The smallest absolute Gasteiger partial charge is 0.322 e. The topological polar surface area (TPSA) is 51.1 Å². The molecule has 102 valence electrons. The van der Waals surface area contributed by atoms with Gasteiger partial charge in [-0.15, -0.1) is 11.3 Å². The summed E-state index contributed by atoms with van der Waals surface area (Å²) in [6.45, 7) is 6.12. The monoisotopic (exact) mass is 298 g/mol. The second-order valence-corrected chi connectivity index (χ2v) is 5.10. The van der Waals surface area contributed by atoms with E-state index in [9.17, 15) is 0 Å². The lowest BCUT2D eigenvalue weighted by atomic mass is 10.5. The SMILES string of the molecule is CCN(CC)c1nc(Cl)nc(OCc2cccs2)n1. The summed E-state index contributed by atoms with van der Waals surface area (Å²) in [5.41, 5.74) is 0. The first kappa shape index (κ1) is 14.0. The molecule has 0 radical (unpaired) electrons. The lowest BCUT2D eigenvalue weighted by Crippen LogP contribution is -2.24. The van der Waals surface area contributed by atoms with Crippen LogP contribution in [0.3, 0.4) is 0 Å². The van der Waals surface area contributed by atoms with Gasteiger partial charge in [0.15, 0.2) is 0 Å². The highest BCUT2D eigenvalue weighted by Gasteiger charge is 2.11. The van der Waals surface area contributed by atoms with Gasteiger partial charge in [-0.3, -0.25) is 0 Å². The molecule has 0 N–H and O–H groups in total. The number of hydrogen-bond donors (Lipinski definition) is 0. The van der Waals surface area contributed by atoms with Gasteiger partial charge in [-0.2, -0.15) is 15.0 Å². The summed E-state index contributed by atoms with van der Waals surface area (Å²) in [7, 11) is 0. The Morgan fingerprint density at radius 3 is 2.68 bits per heavy atom. The maximum atomic E-state index is 5.90. The molecule has 0 aliphatic carbocycles. The van der Waals surface area contributed by atoms with Crippen molar-refractivity contribution >= 4 is 28.9 Å². The van der Waals surface area contributed by atoms with Crippen molar-refractivity contribution in [2.24, 2.45) is 0 Å². The van der Waals surface area contributed by atoms with Crippen LogP contribution >= 0.6 is 22.9 Å². The van der Waals surface area contributed by atoms with Crippen molar-refractivity contribution in [3.8, 4) is 6.01 Å². The van der Waals surface area contributed by atoms with Crippen LogP contribution in [-0.2, 0) is 6.61 Å². The van der Waals surface area contributed by atoms with E-state index in [0.717, 1.165) is 18.0 Å². The van der Waals surface area contributed by atoms with E-state index in [0.29, 0.717) is 12.6 Å². The highest BCUT2D eigenvalue weighted by molar-refractivity contribution is 7.09. The summed E-state index contributed by atoms with van der Waals surface area (Å²) < 4.78 is 5.55. The largest absolute Gasteiger partial charge is 0.458 e. The average Bonchev–Trinajstić information content (AvgIpc) is 2.90. The Balaban J connectivity index is 2.12. The molecule has 2 rings (SSSR count). The molecular weight excluding hydrogens is 284 g/mol. The minimum absolute atomic E-state index is 0.151. The Labute approximate surface area is 121 Å². The first-order valence-electron chi connectivity index (χ1n) is 6.04. The van der Waals surface area contributed by atoms with Crippen LogP contribution in [0.1, 0.15) is 18.7 Å². The molecule has 2 aromatic rings. The highest BCUT2D eigenvalue weighted by atomic mass is 35.5. The molecule has 0 saturated carbocycles. The number of nitrogens with zero attached hydrogens (tertiary/aromatic N) is 4. The van der Waals surface area contributed by atoms with Gasteiger partial charge in [-0.25, -0.2) is 0 Å². The van der Waals surface area contributed by atoms with Crippen LogP contribution in [0.5, 0.6) is 6.01 Å². The normalized spacial score (nSPS) is 10.5. The van der Waals surface area contributed by atoms with Gasteiger partial charge in [-0.05, 0) is 36.9 Å². The van der Waals surface area contributed by atoms with Gasteiger partial charge in [-0.1, -0.05) is 6.07 Å². The van der Waals surface area contributed by atoms with E-state index >= 15 is 0 Å². The van der Waals surface area contributed by atoms with Gasteiger partial charge >= 0.3 is 6.01 Å². The minimum Gasteiger partial charge on any atom is -0.458 e. The third-order valence-corrected chi connectivity index (χ3v) is 3.56. The molecule has 5 nitrogen and oxygen atoms in total. The Bertz CT molecular complexity index is 516. The average molecular weight is 299 g/mol. The highest BCUT2D eigenvalue weighted by Crippen LogP contribution is 2.17. The van der Waals surface area contributed by atoms with Gasteiger partial charge < -0.3 is 9.64 Å². The quantitative estimate of drug-likeness (QED) is 0.820. The van der Waals surface area contributed by atoms with Crippen molar-refractivity contribution in [1.29, 1.82) is 0 Å². The number of thiophene rings is 1. The zero-order valence-corrected chi connectivity index (χ0v) is 12.4. The van der Waals surface area contributed by atoms with E-state index in [1.165, 1.54) is 0 Å². The second kappa shape index (κ2) is 6.68. The number of hydrogen-bond acceptors (Lipinski definition) is 6. The van der Waals surface area contributed by atoms with Crippen LogP contribution in [0.4, 0.5) is 5.95 Å². The van der Waals surface area contributed by atoms with E-state index in [1.54, 1.807) is 11.3 Å². The molecule has 0 aromatic carbocycles. The van der Waals surface area contributed by atoms with E-state index in [2.05, 4.69) is 15.0 Å². The molecule has 0 atom stereocenters. The molecule has 0 aliphatic heterocycles.